The Hall–Kier alpha value is -0.690. The summed E-state index contributed by atoms with van der Waals surface area (Å²) < 4.78 is 21.2. The minimum Gasteiger partial charge on any atom is -0.312 e. The summed E-state index contributed by atoms with van der Waals surface area (Å²) in [6, 6.07) is 1.99. The van der Waals surface area contributed by atoms with Crippen molar-refractivity contribution >= 4 is 13.4 Å². The summed E-state index contributed by atoms with van der Waals surface area (Å²) in [5.74, 6) is -0.213. The minimum atomic E-state index is -3.30. The third-order valence-electron chi connectivity index (χ3n) is 2.51. The van der Waals surface area contributed by atoms with Crippen LogP contribution in [0.5, 0.6) is 0 Å². The summed E-state index contributed by atoms with van der Waals surface area (Å²) in [7, 11) is -0.799. The standard InChI is InChI=1S/C10H18NO4P/c1-10(2,6-5-7-11)9(12)8-16(13,14-3)15-4/h5-6,8H2,1-4H3. The fraction of sp³-hybridized carbons (Fsp3) is 0.800. The summed E-state index contributed by atoms with van der Waals surface area (Å²) in [5.41, 5.74) is -0.678. The zero-order valence-electron chi connectivity index (χ0n) is 10.1. The molecule has 0 unspecified atom stereocenters. The molecule has 0 aliphatic heterocycles. The van der Waals surface area contributed by atoms with Crippen molar-refractivity contribution in [1.82, 2.24) is 0 Å². The molecule has 0 aromatic heterocycles. The van der Waals surface area contributed by atoms with Crippen molar-refractivity contribution < 1.29 is 18.4 Å². The first kappa shape index (κ1) is 15.3. The zero-order chi connectivity index (χ0) is 12.8. The van der Waals surface area contributed by atoms with E-state index in [4.69, 9.17) is 14.3 Å². The van der Waals surface area contributed by atoms with E-state index in [1.807, 2.05) is 6.07 Å². The molecule has 0 fully saturated rings. The third-order valence-corrected chi connectivity index (χ3v) is 4.30. The predicted molar refractivity (Wildman–Crippen MR) is 60.1 cm³/mol. The lowest BCUT2D eigenvalue weighted by molar-refractivity contribution is -0.125. The molecule has 0 saturated heterocycles. The van der Waals surface area contributed by atoms with E-state index in [1.165, 1.54) is 14.2 Å². The van der Waals surface area contributed by atoms with Gasteiger partial charge in [0.05, 0.1) is 6.07 Å². The molecule has 0 saturated carbocycles. The Morgan fingerprint density at radius 2 is 1.88 bits per heavy atom. The van der Waals surface area contributed by atoms with Gasteiger partial charge in [-0.3, -0.25) is 9.36 Å². The molecule has 6 heteroatoms. The molecule has 0 aliphatic rings. The Bertz CT molecular complexity index is 324. The molecule has 0 aromatic rings. The first-order chi connectivity index (χ1) is 7.31. The number of hydrogen-bond acceptors (Lipinski definition) is 5. The summed E-state index contributed by atoms with van der Waals surface area (Å²) >= 11 is 0. The average Bonchev–Trinajstić information content (AvgIpc) is 2.26. The second-order valence-corrected chi connectivity index (χ2v) is 6.37. The maximum atomic E-state index is 11.9. The van der Waals surface area contributed by atoms with Crippen LogP contribution in [0.25, 0.3) is 0 Å². The van der Waals surface area contributed by atoms with Crippen LogP contribution in [0, 0.1) is 16.7 Å². The van der Waals surface area contributed by atoms with Crippen LogP contribution in [0.1, 0.15) is 26.7 Å². The highest BCUT2D eigenvalue weighted by Gasteiger charge is 2.34. The molecule has 16 heavy (non-hydrogen) atoms. The van der Waals surface area contributed by atoms with Crippen LogP contribution >= 0.6 is 7.60 Å². The summed E-state index contributed by atoms with van der Waals surface area (Å²) in [4.78, 5) is 11.9. The van der Waals surface area contributed by atoms with Crippen molar-refractivity contribution in [1.29, 1.82) is 5.26 Å². The van der Waals surface area contributed by atoms with E-state index in [0.29, 0.717) is 12.8 Å². The largest absolute Gasteiger partial charge is 0.337 e. The lowest BCUT2D eigenvalue weighted by Gasteiger charge is -2.23. The van der Waals surface area contributed by atoms with Crippen LogP contribution in [0.2, 0.25) is 0 Å². The zero-order valence-corrected chi connectivity index (χ0v) is 11.0. The molecule has 0 atom stereocenters. The van der Waals surface area contributed by atoms with Gasteiger partial charge in [-0.15, -0.1) is 0 Å². The Labute approximate surface area is 96.3 Å². The normalized spacial score (nSPS) is 12.2. The molecule has 0 bridgehead atoms. The van der Waals surface area contributed by atoms with E-state index >= 15 is 0 Å². The molecule has 0 N–H and O–H groups in total. The number of carbonyl (C=O) groups excluding carboxylic acids is 1. The maximum Gasteiger partial charge on any atom is 0.337 e. The van der Waals surface area contributed by atoms with Crippen LogP contribution < -0.4 is 0 Å². The minimum absolute atomic E-state index is 0.213. The van der Waals surface area contributed by atoms with Gasteiger partial charge in [-0.2, -0.15) is 5.26 Å². The highest BCUT2D eigenvalue weighted by Crippen LogP contribution is 2.47. The number of carbonyl (C=O) groups is 1. The molecule has 0 spiro atoms. The molecule has 0 heterocycles. The molecular weight excluding hydrogens is 229 g/mol. The third kappa shape index (κ3) is 4.44. The lowest BCUT2D eigenvalue weighted by Crippen LogP contribution is -2.27. The first-order valence-electron chi connectivity index (χ1n) is 4.92. The van der Waals surface area contributed by atoms with Crippen molar-refractivity contribution in [3.8, 4) is 6.07 Å². The fourth-order valence-electron chi connectivity index (χ4n) is 1.10. The second kappa shape index (κ2) is 6.15. The van der Waals surface area contributed by atoms with Crippen LogP contribution in [0.15, 0.2) is 0 Å². The van der Waals surface area contributed by atoms with Crippen LogP contribution in [0.4, 0.5) is 0 Å². The van der Waals surface area contributed by atoms with Gasteiger partial charge in [0, 0.05) is 26.1 Å². The van der Waals surface area contributed by atoms with E-state index in [1.54, 1.807) is 13.8 Å². The van der Waals surface area contributed by atoms with E-state index in [9.17, 15) is 9.36 Å². The summed E-state index contributed by atoms with van der Waals surface area (Å²) in [6.07, 6.45) is 0.483. The monoisotopic (exact) mass is 247 g/mol. The number of ketones is 1. The van der Waals surface area contributed by atoms with Gasteiger partial charge in [-0.25, -0.2) is 0 Å². The highest BCUT2D eigenvalue weighted by molar-refractivity contribution is 7.54. The highest BCUT2D eigenvalue weighted by atomic mass is 31.2. The lowest BCUT2D eigenvalue weighted by atomic mass is 9.84. The first-order valence-corrected chi connectivity index (χ1v) is 6.65. The van der Waals surface area contributed by atoms with Gasteiger partial charge < -0.3 is 9.05 Å². The van der Waals surface area contributed by atoms with Gasteiger partial charge in [0.15, 0.2) is 5.78 Å². The van der Waals surface area contributed by atoms with Crippen molar-refractivity contribution in [2.75, 3.05) is 20.4 Å². The van der Waals surface area contributed by atoms with Crippen LogP contribution in [-0.2, 0) is 18.4 Å². The molecular formula is C10H18NO4P. The van der Waals surface area contributed by atoms with E-state index in [2.05, 4.69) is 0 Å². The van der Waals surface area contributed by atoms with Gasteiger partial charge in [-0.05, 0) is 6.42 Å². The van der Waals surface area contributed by atoms with Crippen molar-refractivity contribution in [2.24, 2.45) is 5.41 Å². The van der Waals surface area contributed by atoms with Crippen LogP contribution in [0.3, 0.4) is 0 Å². The van der Waals surface area contributed by atoms with Crippen molar-refractivity contribution in [2.45, 2.75) is 26.7 Å². The Kier molecular flexibility index (Phi) is 5.88. The molecule has 92 valence electrons. The van der Waals surface area contributed by atoms with Crippen LogP contribution in [-0.4, -0.2) is 26.2 Å². The number of Topliss-reactive ketones (excluding diaryl/α,β-unsaturated/α-hetero) is 1. The van der Waals surface area contributed by atoms with Crippen molar-refractivity contribution in [3.63, 3.8) is 0 Å². The predicted octanol–water partition coefficient (Wildman–Crippen LogP) is 2.37. The van der Waals surface area contributed by atoms with Gasteiger partial charge in [0.1, 0.15) is 6.16 Å². The summed E-state index contributed by atoms with van der Waals surface area (Å²) in [5, 5.41) is 8.47. The molecule has 0 radical (unpaired) electrons. The summed E-state index contributed by atoms with van der Waals surface area (Å²) in [6.45, 7) is 3.45. The number of nitriles is 1. The average molecular weight is 247 g/mol. The maximum absolute atomic E-state index is 11.9. The fourth-order valence-corrected chi connectivity index (χ4v) is 2.29. The van der Waals surface area contributed by atoms with Gasteiger partial charge >= 0.3 is 7.60 Å². The quantitative estimate of drug-likeness (QED) is 0.645. The van der Waals surface area contributed by atoms with E-state index in [0.717, 1.165) is 0 Å². The number of hydrogen-bond donors (Lipinski definition) is 0. The molecule has 5 nitrogen and oxygen atoms in total. The van der Waals surface area contributed by atoms with Gasteiger partial charge in [0.25, 0.3) is 0 Å². The topological polar surface area (TPSA) is 76.4 Å². The molecule has 0 rings (SSSR count). The van der Waals surface area contributed by atoms with Gasteiger partial charge in [0.2, 0.25) is 0 Å². The molecule has 0 amide bonds. The van der Waals surface area contributed by atoms with Crippen molar-refractivity contribution in [3.05, 3.63) is 0 Å². The molecule has 0 aliphatic carbocycles. The molecule has 0 aromatic carbocycles. The smallest absolute Gasteiger partial charge is 0.312 e. The Balaban J connectivity index is 4.57. The Morgan fingerprint density at radius 1 is 1.38 bits per heavy atom. The van der Waals surface area contributed by atoms with Gasteiger partial charge in [-0.1, -0.05) is 13.8 Å². The number of rotatable bonds is 7. The Morgan fingerprint density at radius 3 is 2.25 bits per heavy atom. The van der Waals surface area contributed by atoms with E-state index < -0.39 is 13.0 Å². The second-order valence-electron chi connectivity index (χ2n) is 4.10. The number of nitrogens with zero attached hydrogens (tertiary/aromatic N) is 1. The SMILES string of the molecule is COP(=O)(CC(=O)C(C)(C)CCC#N)OC. The van der Waals surface area contributed by atoms with E-state index in [-0.39, 0.29) is 11.9 Å².